The number of halogens is 2. The fraction of sp³-hybridized carbons (Fsp3) is 0. The summed E-state index contributed by atoms with van der Waals surface area (Å²) in [7, 11) is 0. The molecule has 3 nitrogen and oxygen atoms in total. The first-order valence-corrected chi connectivity index (χ1v) is 5.97. The van der Waals surface area contributed by atoms with Crippen LogP contribution in [0.1, 0.15) is 10.4 Å². The molecule has 18 heavy (non-hydrogen) atoms. The highest BCUT2D eigenvalue weighted by atomic mass is 79.9. The lowest BCUT2D eigenvalue weighted by atomic mass is 10.1. The molecule has 0 bridgehead atoms. The van der Waals surface area contributed by atoms with Gasteiger partial charge in [-0.05, 0) is 42.5 Å². The van der Waals surface area contributed by atoms with Crippen LogP contribution in [-0.4, -0.2) is 5.91 Å². The fourth-order valence-corrected chi connectivity index (χ4v) is 1.82. The maximum Gasteiger partial charge on any atom is 0.257 e. The Hall–Kier alpha value is -1.88. The Labute approximate surface area is 112 Å². The van der Waals surface area contributed by atoms with Crippen molar-refractivity contribution in [1.82, 2.24) is 0 Å². The molecule has 2 rings (SSSR count). The van der Waals surface area contributed by atoms with Crippen molar-refractivity contribution >= 4 is 33.2 Å². The SMILES string of the molecule is Nc1ccc(Br)cc1C(=O)Nc1ccc(F)cc1. The van der Waals surface area contributed by atoms with Crippen molar-refractivity contribution in [2.75, 3.05) is 11.1 Å². The third-order valence-electron chi connectivity index (χ3n) is 2.36. The van der Waals surface area contributed by atoms with Crippen LogP contribution in [0.15, 0.2) is 46.9 Å². The number of benzene rings is 2. The van der Waals surface area contributed by atoms with E-state index in [-0.39, 0.29) is 11.7 Å². The molecule has 0 aliphatic rings. The van der Waals surface area contributed by atoms with Crippen molar-refractivity contribution in [3.8, 4) is 0 Å². The molecule has 0 saturated carbocycles. The van der Waals surface area contributed by atoms with E-state index in [2.05, 4.69) is 21.2 Å². The molecule has 0 atom stereocenters. The van der Waals surface area contributed by atoms with Gasteiger partial charge in [0.05, 0.1) is 5.56 Å². The summed E-state index contributed by atoms with van der Waals surface area (Å²) in [5.74, 6) is -0.685. The van der Waals surface area contributed by atoms with Crippen LogP contribution in [0.2, 0.25) is 0 Å². The van der Waals surface area contributed by atoms with Crippen LogP contribution >= 0.6 is 15.9 Å². The molecule has 2 aromatic rings. The smallest absolute Gasteiger partial charge is 0.257 e. The molecular weight excluding hydrogens is 299 g/mol. The van der Waals surface area contributed by atoms with E-state index < -0.39 is 0 Å². The van der Waals surface area contributed by atoms with E-state index in [0.717, 1.165) is 4.47 Å². The minimum atomic E-state index is -0.352. The van der Waals surface area contributed by atoms with Crippen LogP contribution in [0, 0.1) is 5.82 Å². The molecule has 2 aromatic carbocycles. The minimum Gasteiger partial charge on any atom is -0.398 e. The van der Waals surface area contributed by atoms with Gasteiger partial charge in [0.2, 0.25) is 0 Å². The molecule has 5 heteroatoms. The first kappa shape index (κ1) is 12.6. The Balaban J connectivity index is 2.21. The standard InChI is InChI=1S/C13H10BrFN2O/c14-8-1-6-12(16)11(7-8)13(18)17-10-4-2-9(15)3-5-10/h1-7H,16H2,(H,17,18). The average molecular weight is 309 g/mol. The molecule has 0 unspecified atom stereocenters. The Morgan fingerprint density at radius 3 is 2.50 bits per heavy atom. The minimum absolute atomic E-state index is 0.333. The monoisotopic (exact) mass is 308 g/mol. The predicted molar refractivity (Wildman–Crippen MR) is 72.9 cm³/mol. The molecule has 0 aromatic heterocycles. The van der Waals surface area contributed by atoms with E-state index in [1.807, 2.05) is 0 Å². The van der Waals surface area contributed by atoms with Crippen molar-refractivity contribution < 1.29 is 9.18 Å². The molecular formula is C13H10BrFN2O. The molecule has 0 heterocycles. The third-order valence-corrected chi connectivity index (χ3v) is 2.86. The van der Waals surface area contributed by atoms with Crippen LogP contribution in [0.5, 0.6) is 0 Å². The van der Waals surface area contributed by atoms with E-state index >= 15 is 0 Å². The highest BCUT2D eigenvalue weighted by Crippen LogP contribution is 2.20. The number of nitrogens with two attached hydrogens (primary N) is 1. The predicted octanol–water partition coefficient (Wildman–Crippen LogP) is 3.42. The van der Waals surface area contributed by atoms with Gasteiger partial charge in [-0.15, -0.1) is 0 Å². The Morgan fingerprint density at radius 1 is 1.17 bits per heavy atom. The molecule has 0 saturated heterocycles. The largest absolute Gasteiger partial charge is 0.398 e. The summed E-state index contributed by atoms with van der Waals surface area (Å²) in [5, 5.41) is 2.65. The van der Waals surface area contributed by atoms with Crippen molar-refractivity contribution in [2.24, 2.45) is 0 Å². The second-order valence-electron chi connectivity index (χ2n) is 3.69. The van der Waals surface area contributed by atoms with Crippen LogP contribution in [0.4, 0.5) is 15.8 Å². The van der Waals surface area contributed by atoms with Gasteiger partial charge in [0.25, 0.3) is 5.91 Å². The number of anilines is 2. The molecule has 3 N–H and O–H groups in total. The molecule has 0 spiro atoms. The lowest BCUT2D eigenvalue weighted by Crippen LogP contribution is -2.14. The molecule has 0 aliphatic carbocycles. The average Bonchev–Trinajstić information content (AvgIpc) is 2.35. The molecule has 1 amide bonds. The van der Waals surface area contributed by atoms with Crippen molar-refractivity contribution in [1.29, 1.82) is 0 Å². The fourth-order valence-electron chi connectivity index (χ4n) is 1.46. The number of hydrogen-bond acceptors (Lipinski definition) is 2. The number of amides is 1. The van der Waals surface area contributed by atoms with Gasteiger partial charge in [-0.1, -0.05) is 15.9 Å². The van der Waals surface area contributed by atoms with Crippen LogP contribution < -0.4 is 11.1 Å². The lowest BCUT2D eigenvalue weighted by molar-refractivity contribution is 0.102. The number of rotatable bonds is 2. The maximum absolute atomic E-state index is 12.7. The summed E-state index contributed by atoms with van der Waals surface area (Å²) in [6, 6.07) is 10.6. The van der Waals surface area contributed by atoms with Gasteiger partial charge < -0.3 is 11.1 Å². The van der Waals surface area contributed by atoms with E-state index in [1.54, 1.807) is 18.2 Å². The summed E-state index contributed by atoms with van der Waals surface area (Å²) < 4.78 is 13.5. The molecule has 92 valence electrons. The van der Waals surface area contributed by atoms with E-state index in [0.29, 0.717) is 16.9 Å². The van der Waals surface area contributed by atoms with E-state index in [9.17, 15) is 9.18 Å². The van der Waals surface area contributed by atoms with Crippen molar-refractivity contribution in [2.45, 2.75) is 0 Å². The van der Waals surface area contributed by atoms with Crippen molar-refractivity contribution in [3.63, 3.8) is 0 Å². The Morgan fingerprint density at radius 2 is 1.83 bits per heavy atom. The van der Waals surface area contributed by atoms with Gasteiger partial charge in [-0.25, -0.2) is 4.39 Å². The zero-order chi connectivity index (χ0) is 13.1. The zero-order valence-corrected chi connectivity index (χ0v) is 10.9. The summed E-state index contributed by atoms with van der Waals surface area (Å²) in [6.07, 6.45) is 0. The van der Waals surface area contributed by atoms with Gasteiger partial charge in [-0.2, -0.15) is 0 Å². The number of carbonyl (C=O) groups excluding carboxylic acids is 1. The normalized spacial score (nSPS) is 10.1. The van der Waals surface area contributed by atoms with Gasteiger partial charge in [0.15, 0.2) is 0 Å². The van der Waals surface area contributed by atoms with Gasteiger partial charge in [-0.3, -0.25) is 4.79 Å². The first-order chi connectivity index (χ1) is 8.56. The lowest BCUT2D eigenvalue weighted by Gasteiger charge is -2.08. The third kappa shape index (κ3) is 2.87. The summed E-state index contributed by atoms with van der Waals surface area (Å²) in [5.41, 5.74) is 7.00. The highest BCUT2D eigenvalue weighted by Gasteiger charge is 2.10. The van der Waals surface area contributed by atoms with Gasteiger partial charge in [0.1, 0.15) is 5.82 Å². The van der Waals surface area contributed by atoms with Gasteiger partial charge in [0, 0.05) is 15.8 Å². The van der Waals surface area contributed by atoms with Crippen LogP contribution in [0.3, 0.4) is 0 Å². The summed E-state index contributed by atoms with van der Waals surface area (Å²) >= 11 is 3.27. The zero-order valence-electron chi connectivity index (χ0n) is 9.28. The second kappa shape index (κ2) is 5.18. The van der Waals surface area contributed by atoms with Crippen LogP contribution in [-0.2, 0) is 0 Å². The Bertz CT molecular complexity index is 584. The van der Waals surface area contributed by atoms with Crippen molar-refractivity contribution in [3.05, 3.63) is 58.3 Å². The summed E-state index contributed by atoms with van der Waals surface area (Å²) in [4.78, 5) is 12.0. The summed E-state index contributed by atoms with van der Waals surface area (Å²) in [6.45, 7) is 0. The molecule has 0 radical (unpaired) electrons. The topological polar surface area (TPSA) is 55.1 Å². The molecule has 0 fully saturated rings. The Kier molecular flexibility index (Phi) is 3.62. The number of nitrogen functional groups attached to an aromatic ring is 1. The second-order valence-corrected chi connectivity index (χ2v) is 4.61. The highest BCUT2D eigenvalue weighted by molar-refractivity contribution is 9.10. The molecule has 0 aliphatic heterocycles. The maximum atomic E-state index is 12.7. The number of carbonyl (C=O) groups is 1. The number of nitrogens with one attached hydrogen (secondary N) is 1. The quantitative estimate of drug-likeness (QED) is 0.835. The number of hydrogen-bond donors (Lipinski definition) is 2. The van der Waals surface area contributed by atoms with Gasteiger partial charge >= 0.3 is 0 Å². The van der Waals surface area contributed by atoms with Crippen LogP contribution in [0.25, 0.3) is 0 Å². The van der Waals surface area contributed by atoms with E-state index in [1.165, 1.54) is 24.3 Å². The first-order valence-electron chi connectivity index (χ1n) is 5.18. The van der Waals surface area contributed by atoms with E-state index in [4.69, 9.17) is 5.73 Å².